The molecule has 1 aromatic rings. The van der Waals surface area contributed by atoms with Crippen molar-refractivity contribution in [1.82, 2.24) is 9.88 Å². The van der Waals surface area contributed by atoms with E-state index in [1.165, 1.54) is 0 Å². The van der Waals surface area contributed by atoms with Crippen LogP contribution in [0.3, 0.4) is 0 Å². The number of rotatable bonds is 4. The molecule has 2 heterocycles. The highest BCUT2D eigenvalue weighted by Gasteiger charge is 2.32. The third-order valence-corrected chi connectivity index (χ3v) is 3.56. The third kappa shape index (κ3) is 3.36. The van der Waals surface area contributed by atoms with Crippen LogP contribution in [0.1, 0.15) is 25.5 Å². The van der Waals surface area contributed by atoms with E-state index in [9.17, 15) is 4.79 Å². The summed E-state index contributed by atoms with van der Waals surface area (Å²) in [6.07, 6.45) is 1.79. The molecule has 1 atom stereocenters. The van der Waals surface area contributed by atoms with Gasteiger partial charge in [-0.1, -0.05) is 11.6 Å². The van der Waals surface area contributed by atoms with Crippen molar-refractivity contribution in [3.05, 3.63) is 22.8 Å². The molecule has 0 amide bonds. The van der Waals surface area contributed by atoms with E-state index in [0.717, 1.165) is 19.4 Å². The largest absolute Gasteiger partial charge is 0.465 e. The summed E-state index contributed by atoms with van der Waals surface area (Å²) in [4.78, 5) is 18.1. The molecule has 1 fully saturated rings. The molecule has 104 valence electrons. The number of esters is 1. The van der Waals surface area contributed by atoms with Crippen LogP contribution < -0.4 is 5.73 Å². The lowest BCUT2D eigenvalue weighted by Gasteiger charge is -2.22. The first kappa shape index (κ1) is 14.1. The summed E-state index contributed by atoms with van der Waals surface area (Å²) >= 11 is 6.10. The van der Waals surface area contributed by atoms with Crippen LogP contribution in [-0.2, 0) is 16.1 Å². The Labute approximate surface area is 117 Å². The number of aromatic nitrogens is 1. The maximum Gasteiger partial charge on any atom is 0.323 e. The maximum atomic E-state index is 11.9. The predicted molar refractivity (Wildman–Crippen MR) is 73.7 cm³/mol. The number of nitrogens with two attached hydrogens (primary N) is 1. The molecule has 2 N–H and O–H groups in total. The minimum atomic E-state index is -0.195. The van der Waals surface area contributed by atoms with Gasteiger partial charge in [0.1, 0.15) is 11.9 Å². The highest BCUT2D eigenvalue weighted by atomic mass is 35.5. The molecule has 0 spiro atoms. The number of nitrogens with zero attached hydrogens (tertiary/aromatic N) is 2. The lowest BCUT2D eigenvalue weighted by Crippen LogP contribution is -2.37. The Morgan fingerprint density at radius 1 is 1.63 bits per heavy atom. The van der Waals surface area contributed by atoms with Gasteiger partial charge in [-0.25, -0.2) is 4.98 Å². The summed E-state index contributed by atoms with van der Waals surface area (Å²) in [6.45, 7) is 3.58. The van der Waals surface area contributed by atoms with Gasteiger partial charge in [-0.3, -0.25) is 9.69 Å². The third-order valence-electron chi connectivity index (χ3n) is 3.22. The standard InChI is InChI=1S/C13H18ClN3O2/c1-2-19-13(18)11-4-3-7-17(11)8-10-9(14)5-6-12(15)16-10/h5-6,11H,2-4,7-8H2,1H3,(H2,15,16). The highest BCUT2D eigenvalue weighted by molar-refractivity contribution is 6.31. The fraction of sp³-hybridized carbons (Fsp3) is 0.538. The SMILES string of the molecule is CCOC(=O)C1CCCN1Cc1nc(N)ccc1Cl. The number of pyridine rings is 1. The summed E-state index contributed by atoms with van der Waals surface area (Å²) in [6, 6.07) is 3.20. The first-order valence-corrected chi connectivity index (χ1v) is 6.81. The maximum absolute atomic E-state index is 11.9. The van der Waals surface area contributed by atoms with E-state index in [1.54, 1.807) is 12.1 Å². The Bertz CT molecular complexity index is 467. The summed E-state index contributed by atoms with van der Waals surface area (Å²) < 4.78 is 5.09. The van der Waals surface area contributed by atoms with Gasteiger partial charge in [0, 0.05) is 6.54 Å². The van der Waals surface area contributed by atoms with Crippen molar-refractivity contribution < 1.29 is 9.53 Å². The molecule has 0 aromatic carbocycles. The molecule has 0 saturated carbocycles. The fourth-order valence-electron chi connectivity index (χ4n) is 2.33. The Balaban J connectivity index is 2.09. The topological polar surface area (TPSA) is 68.5 Å². The van der Waals surface area contributed by atoms with Gasteiger partial charge < -0.3 is 10.5 Å². The van der Waals surface area contributed by atoms with Gasteiger partial charge in [0.05, 0.1) is 17.3 Å². The molecule has 1 unspecified atom stereocenters. The van der Waals surface area contributed by atoms with Crippen LogP contribution in [0.2, 0.25) is 5.02 Å². The molecule has 1 aliphatic heterocycles. The molecule has 0 radical (unpaired) electrons. The molecule has 6 heteroatoms. The van der Waals surface area contributed by atoms with E-state index < -0.39 is 0 Å². The molecule has 19 heavy (non-hydrogen) atoms. The molecule has 2 rings (SSSR count). The normalized spacial score (nSPS) is 19.6. The summed E-state index contributed by atoms with van der Waals surface area (Å²) in [7, 11) is 0. The van der Waals surface area contributed by atoms with Gasteiger partial charge in [-0.15, -0.1) is 0 Å². The van der Waals surface area contributed by atoms with Crippen molar-refractivity contribution in [1.29, 1.82) is 0 Å². The number of carbonyl (C=O) groups excluding carboxylic acids is 1. The summed E-state index contributed by atoms with van der Waals surface area (Å²) in [5.74, 6) is 0.270. The van der Waals surface area contributed by atoms with Gasteiger partial charge in [0.15, 0.2) is 0 Å². The van der Waals surface area contributed by atoms with Crippen LogP contribution >= 0.6 is 11.6 Å². The van der Waals surface area contributed by atoms with Crippen LogP contribution in [0.15, 0.2) is 12.1 Å². The Morgan fingerprint density at radius 2 is 2.42 bits per heavy atom. The number of anilines is 1. The first-order valence-electron chi connectivity index (χ1n) is 6.43. The zero-order chi connectivity index (χ0) is 13.8. The van der Waals surface area contributed by atoms with Crippen molar-refractivity contribution in [3.8, 4) is 0 Å². The lowest BCUT2D eigenvalue weighted by molar-refractivity contribution is -0.148. The van der Waals surface area contributed by atoms with E-state index in [0.29, 0.717) is 29.7 Å². The van der Waals surface area contributed by atoms with Gasteiger partial charge in [0.2, 0.25) is 0 Å². The van der Waals surface area contributed by atoms with E-state index in [2.05, 4.69) is 4.98 Å². The van der Waals surface area contributed by atoms with Gasteiger partial charge >= 0.3 is 5.97 Å². The number of ether oxygens (including phenoxy) is 1. The molecular formula is C13H18ClN3O2. The quantitative estimate of drug-likeness (QED) is 0.854. The minimum Gasteiger partial charge on any atom is -0.465 e. The number of carbonyl (C=O) groups is 1. The van der Waals surface area contributed by atoms with Gasteiger partial charge in [0.25, 0.3) is 0 Å². The van der Waals surface area contributed by atoms with Crippen molar-refractivity contribution in [2.45, 2.75) is 32.4 Å². The molecule has 1 aromatic heterocycles. The molecule has 0 bridgehead atoms. The summed E-state index contributed by atoms with van der Waals surface area (Å²) in [5, 5.41) is 0.573. The molecule has 1 aliphatic rings. The zero-order valence-electron chi connectivity index (χ0n) is 10.9. The highest BCUT2D eigenvalue weighted by Crippen LogP contribution is 2.24. The monoisotopic (exact) mass is 283 g/mol. The lowest BCUT2D eigenvalue weighted by atomic mass is 10.2. The molecule has 0 aliphatic carbocycles. The molecule has 5 nitrogen and oxygen atoms in total. The van der Waals surface area contributed by atoms with Crippen molar-refractivity contribution in [3.63, 3.8) is 0 Å². The first-order chi connectivity index (χ1) is 9.11. The number of nitrogen functional groups attached to an aromatic ring is 1. The van der Waals surface area contributed by atoms with E-state index in [-0.39, 0.29) is 12.0 Å². The van der Waals surface area contributed by atoms with Crippen molar-refractivity contribution in [2.24, 2.45) is 0 Å². The average Bonchev–Trinajstić information content (AvgIpc) is 2.82. The van der Waals surface area contributed by atoms with Crippen LogP contribution in [-0.4, -0.2) is 35.0 Å². The fourth-order valence-corrected chi connectivity index (χ4v) is 2.49. The van der Waals surface area contributed by atoms with Crippen LogP contribution in [0.4, 0.5) is 5.82 Å². The van der Waals surface area contributed by atoms with E-state index >= 15 is 0 Å². The van der Waals surface area contributed by atoms with Crippen LogP contribution in [0.25, 0.3) is 0 Å². The smallest absolute Gasteiger partial charge is 0.323 e. The van der Waals surface area contributed by atoms with Crippen molar-refractivity contribution in [2.75, 3.05) is 18.9 Å². The zero-order valence-corrected chi connectivity index (χ0v) is 11.7. The Hall–Kier alpha value is -1.33. The second-order valence-corrected chi connectivity index (χ2v) is 4.95. The van der Waals surface area contributed by atoms with Crippen LogP contribution in [0.5, 0.6) is 0 Å². The Kier molecular flexibility index (Phi) is 4.61. The van der Waals surface area contributed by atoms with Gasteiger partial charge in [-0.05, 0) is 38.4 Å². The molecule has 1 saturated heterocycles. The van der Waals surface area contributed by atoms with Crippen LogP contribution in [0, 0.1) is 0 Å². The predicted octanol–water partition coefficient (Wildman–Crippen LogP) is 1.84. The van der Waals surface area contributed by atoms with E-state index in [4.69, 9.17) is 22.1 Å². The van der Waals surface area contributed by atoms with Crippen molar-refractivity contribution >= 4 is 23.4 Å². The second-order valence-electron chi connectivity index (χ2n) is 4.55. The molecular weight excluding hydrogens is 266 g/mol. The number of hydrogen-bond acceptors (Lipinski definition) is 5. The average molecular weight is 284 g/mol. The minimum absolute atomic E-state index is 0.167. The number of likely N-dealkylation sites (tertiary alicyclic amines) is 1. The number of hydrogen-bond donors (Lipinski definition) is 1. The second kappa shape index (κ2) is 6.21. The van der Waals surface area contributed by atoms with Gasteiger partial charge in [-0.2, -0.15) is 0 Å². The number of halogens is 1. The Morgan fingerprint density at radius 3 is 3.16 bits per heavy atom. The van der Waals surface area contributed by atoms with E-state index in [1.807, 2.05) is 11.8 Å². The summed E-state index contributed by atoms with van der Waals surface area (Å²) in [5.41, 5.74) is 6.37.